The number of anilines is 1. The molecule has 1 aromatic rings. The maximum absolute atomic E-state index is 11.9. The van der Waals surface area contributed by atoms with Gasteiger partial charge in [-0.15, -0.1) is 0 Å². The number of ketones is 1. The van der Waals surface area contributed by atoms with Gasteiger partial charge in [0.05, 0.1) is 25.7 Å². The van der Waals surface area contributed by atoms with Gasteiger partial charge in [-0.25, -0.2) is 0 Å². The zero-order valence-corrected chi connectivity index (χ0v) is 11.8. The Kier molecular flexibility index (Phi) is 4.66. The van der Waals surface area contributed by atoms with E-state index in [1.165, 1.54) is 5.69 Å². The average Bonchev–Trinajstić information content (AvgIpc) is 2.39. The molecule has 0 amide bonds. The fourth-order valence-electron chi connectivity index (χ4n) is 2.03. The first kappa shape index (κ1) is 13.4. The van der Waals surface area contributed by atoms with Crippen molar-refractivity contribution in [1.29, 1.82) is 0 Å². The van der Waals surface area contributed by atoms with Crippen LogP contribution in [0.1, 0.15) is 10.4 Å². The molecule has 0 spiro atoms. The number of rotatable bonds is 4. The second-order valence-electron chi connectivity index (χ2n) is 4.70. The maximum Gasteiger partial charge on any atom is 0.211 e. The fraction of sp³-hybridized carbons (Fsp3) is 0.500. The number of Topliss-reactive ketones (excluding diaryl/α,β-unsaturated/α-hetero) is 1. The van der Waals surface area contributed by atoms with Crippen LogP contribution in [-0.4, -0.2) is 50.4 Å². The average molecular weight is 266 g/mol. The lowest BCUT2D eigenvalue weighted by Crippen LogP contribution is -2.36. The van der Waals surface area contributed by atoms with Crippen molar-refractivity contribution in [3.8, 4) is 0 Å². The molecule has 0 unspecified atom stereocenters. The van der Waals surface area contributed by atoms with Crippen molar-refractivity contribution in [3.63, 3.8) is 0 Å². The van der Waals surface area contributed by atoms with Crippen LogP contribution in [0.15, 0.2) is 24.3 Å². The van der Waals surface area contributed by atoms with Crippen molar-refractivity contribution in [2.24, 2.45) is 0 Å². The molecule has 0 atom stereocenters. The van der Waals surface area contributed by atoms with Crippen molar-refractivity contribution in [2.45, 2.75) is 0 Å². The van der Waals surface area contributed by atoms with Gasteiger partial charge in [0.25, 0.3) is 0 Å². The van der Waals surface area contributed by atoms with E-state index in [1.54, 1.807) is 0 Å². The molecule has 1 aliphatic rings. The Morgan fingerprint density at radius 3 is 2.39 bits per heavy atom. The van der Waals surface area contributed by atoms with Gasteiger partial charge >= 0.3 is 0 Å². The van der Waals surface area contributed by atoms with Crippen molar-refractivity contribution >= 4 is 22.4 Å². The molecule has 1 aromatic carbocycles. The summed E-state index contributed by atoms with van der Waals surface area (Å²) >= 11 is 0. The third-order valence-corrected chi connectivity index (χ3v) is 3.82. The summed E-state index contributed by atoms with van der Waals surface area (Å²) in [7, 11) is 0.168. The Morgan fingerprint density at radius 2 is 1.83 bits per heavy atom. The summed E-state index contributed by atoms with van der Waals surface area (Å²) in [4.78, 5) is 14.2. The van der Waals surface area contributed by atoms with Crippen LogP contribution < -0.4 is 4.90 Å². The first-order chi connectivity index (χ1) is 8.66. The fourth-order valence-corrected chi connectivity index (χ4v) is 2.72. The van der Waals surface area contributed by atoms with E-state index >= 15 is 0 Å². The van der Waals surface area contributed by atoms with Gasteiger partial charge < -0.3 is 9.64 Å². The summed E-state index contributed by atoms with van der Waals surface area (Å²) in [5.41, 5.74) is 2.01. The summed E-state index contributed by atoms with van der Waals surface area (Å²) in [6.07, 6.45) is 4.19. The quantitative estimate of drug-likeness (QED) is 0.612. The van der Waals surface area contributed by atoms with Gasteiger partial charge in [0.1, 0.15) is 0 Å². The van der Waals surface area contributed by atoms with Crippen LogP contribution in [0.25, 0.3) is 0 Å². The lowest BCUT2D eigenvalue weighted by atomic mass is 10.1. The maximum atomic E-state index is 11.9. The monoisotopic (exact) mass is 266 g/mol. The summed E-state index contributed by atoms with van der Waals surface area (Å²) in [6, 6.07) is 7.98. The molecule has 0 saturated carbocycles. The lowest BCUT2D eigenvalue weighted by Gasteiger charge is -2.28. The Hall–Kier alpha value is -1.00. The lowest BCUT2D eigenvalue weighted by molar-refractivity contribution is 0.102. The Morgan fingerprint density at radius 1 is 1.22 bits per heavy atom. The second-order valence-corrected chi connectivity index (χ2v) is 6.96. The van der Waals surface area contributed by atoms with E-state index in [-0.39, 0.29) is 16.7 Å². The second kappa shape index (κ2) is 6.25. The molecule has 98 valence electrons. The van der Waals surface area contributed by atoms with Crippen molar-refractivity contribution in [2.75, 3.05) is 49.5 Å². The normalized spacial score (nSPS) is 16.1. The van der Waals surface area contributed by atoms with Crippen LogP contribution in [0, 0.1) is 0 Å². The highest BCUT2D eigenvalue weighted by Crippen LogP contribution is 2.17. The van der Waals surface area contributed by atoms with Crippen molar-refractivity contribution in [1.82, 2.24) is 0 Å². The highest BCUT2D eigenvalue weighted by molar-refractivity contribution is 7.96. The van der Waals surface area contributed by atoms with E-state index in [2.05, 4.69) is 17.4 Å². The van der Waals surface area contributed by atoms with E-state index < -0.39 is 0 Å². The molecule has 0 aromatic heterocycles. The first-order valence-corrected chi connectivity index (χ1v) is 8.38. The SMILES string of the molecule is C[S+](C)CC(=O)c1ccc(N2CCOCC2)cc1. The first-order valence-electron chi connectivity index (χ1n) is 6.17. The number of hydrogen-bond acceptors (Lipinski definition) is 3. The van der Waals surface area contributed by atoms with Gasteiger partial charge in [-0.2, -0.15) is 0 Å². The Balaban J connectivity index is 2.02. The number of ether oxygens (including phenoxy) is 1. The molecule has 0 aliphatic carbocycles. The molecule has 3 nitrogen and oxygen atoms in total. The summed E-state index contributed by atoms with van der Waals surface area (Å²) in [5.74, 6) is 0.897. The molecule has 18 heavy (non-hydrogen) atoms. The van der Waals surface area contributed by atoms with Gasteiger partial charge in [0, 0.05) is 24.3 Å². The van der Waals surface area contributed by atoms with Crippen LogP contribution in [0.4, 0.5) is 5.69 Å². The molecule has 1 aliphatic heterocycles. The van der Waals surface area contributed by atoms with Crippen LogP contribution in [-0.2, 0) is 15.6 Å². The van der Waals surface area contributed by atoms with E-state index in [0.29, 0.717) is 5.75 Å². The predicted molar refractivity (Wildman–Crippen MR) is 77.9 cm³/mol. The van der Waals surface area contributed by atoms with Gasteiger partial charge in [-0.1, -0.05) is 0 Å². The number of nitrogens with zero attached hydrogens (tertiary/aromatic N) is 1. The number of benzene rings is 1. The molecule has 4 heteroatoms. The molecule has 1 heterocycles. The molecule has 0 radical (unpaired) electrons. The van der Waals surface area contributed by atoms with E-state index in [9.17, 15) is 4.79 Å². The number of carbonyl (C=O) groups excluding carboxylic acids is 1. The number of morpholine rings is 1. The summed E-state index contributed by atoms with van der Waals surface area (Å²) in [5, 5.41) is 0. The smallest absolute Gasteiger partial charge is 0.211 e. The van der Waals surface area contributed by atoms with Gasteiger partial charge in [0.15, 0.2) is 5.75 Å². The van der Waals surface area contributed by atoms with Crippen LogP contribution >= 0.6 is 0 Å². The third kappa shape index (κ3) is 3.50. The number of carbonyl (C=O) groups is 1. The van der Waals surface area contributed by atoms with Gasteiger partial charge in [-0.3, -0.25) is 4.79 Å². The van der Waals surface area contributed by atoms with Gasteiger partial charge in [-0.05, 0) is 35.2 Å². The minimum absolute atomic E-state index is 0.168. The minimum Gasteiger partial charge on any atom is -0.378 e. The highest BCUT2D eigenvalue weighted by Gasteiger charge is 2.15. The molecule has 2 rings (SSSR count). The summed E-state index contributed by atoms with van der Waals surface area (Å²) < 4.78 is 5.33. The van der Waals surface area contributed by atoms with E-state index in [4.69, 9.17) is 4.74 Å². The predicted octanol–water partition coefficient (Wildman–Crippen LogP) is 1.58. The zero-order chi connectivity index (χ0) is 13.0. The largest absolute Gasteiger partial charge is 0.378 e. The molecular formula is C14H20NO2S+. The minimum atomic E-state index is 0.168. The molecule has 1 fully saturated rings. The summed E-state index contributed by atoms with van der Waals surface area (Å²) in [6.45, 7) is 3.44. The van der Waals surface area contributed by atoms with Gasteiger partial charge in [0.2, 0.25) is 5.78 Å². The highest BCUT2D eigenvalue weighted by atomic mass is 32.2. The van der Waals surface area contributed by atoms with Crippen molar-refractivity contribution in [3.05, 3.63) is 29.8 Å². The van der Waals surface area contributed by atoms with E-state index in [0.717, 1.165) is 31.9 Å². The van der Waals surface area contributed by atoms with Crippen LogP contribution in [0.3, 0.4) is 0 Å². The molecule has 0 N–H and O–H groups in total. The topological polar surface area (TPSA) is 29.5 Å². The standard InChI is InChI=1S/C14H20NO2S/c1-18(2)11-14(16)12-3-5-13(6-4-12)15-7-9-17-10-8-15/h3-6H,7-11H2,1-2H3/q+1. The van der Waals surface area contributed by atoms with Crippen LogP contribution in [0.2, 0.25) is 0 Å². The zero-order valence-electron chi connectivity index (χ0n) is 11.0. The Labute approximate surface area is 111 Å². The van der Waals surface area contributed by atoms with Crippen molar-refractivity contribution < 1.29 is 9.53 Å². The van der Waals surface area contributed by atoms with Crippen LogP contribution in [0.5, 0.6) is 0 Å². The molecule has 0 bridgehead atoms. The third-order valence-electron chi connectivity index (χ3n) is 2.99. The molecule has 1 saturated heterocycles. The van der Waals surface area contributed by atoms with E-state index in [1.807, 2.05) is 24.3 Å². The molecular weight excluding hydrogens is 246 g/mol. The Bertz CT molecular complexity index is 397. The number of hydrogen-bond donors (Lipinski definition) is 0.